The standard InChI is InChI=1S/C14H22N2O/c1-4-14(2,3)16-13(17)12-7-5-11(6-8-12)9-10-15/h5-8H,4,9-10,15H2,1-3H3,(H,16,17). The lowest BCUT2D eigenvalue weighted by Crippen LogP contribution is -2.42. The van der Waals surface area contributed by atoms with Gasteiger partial charge in [0.05, 0.1) is 0 Å². The molecule has 1 aromatic carbocycles. The molecule has 0 fully saturated rings. The van der Waals surface area contributed by atoms with Gasteiger partial charge in [0.2, 0.25) is 0 Å². The average molecular weight is 234 g/mol. The van der Waals surface area contributed by atoms with Crippen molar-refractivity contribution >= 4 is 5.91 Å². The smallest absolute Gasteiger partial charge is 0.251 e. The molecular weight excluding hydrogens is 212 g/mol. The number of hydrogen-bond donors (Lipinski definition) is 2. The van der Waals surface area contributed by atoms with Gasteiger partial charge in [-0.3, -0.25) is 4.79 Å². The fraction of sp³-hybridized carbons (Fsp3) is 0.500. The highest BCUT2D eigenvalue weighted by atomic mass is 16.1. The molecule has 17 heavy (non-hydrogen) atoms. The van der Waals surface area contributed by atoms with E-state index in [-0.39, 0.29) is 11.4 Å². The highest BCUT2D eigenvalue weighted by Crippen LogP contribution is 2.10. The number of carbonyl (C=O) groups is 1. The van der Waals surface area contributed by atoms with Crippen LogP contribution in [0.25, 0.3) is 0 Å². The van der Waals surface area contributed by atoms with E-state index in [2.05, 4.69) is 12.2 Å². The molecular formula is C14H22N2O. The zero-order chi connectivity index (χ0) is 12.9. The second-order valence-corrected chi connectivity index (χ2v) is 4.93. The van der Waals surface area contributed by atoms with Crippen LogP contribution >= 0.6 is 0 Å². The Hall–Kier alpha value is -1.35. The molecule has 3 heteroatoms. The summed E-state index contributed by atoms with van der Waals surface area (Å²) < 4.78 is 0. The Morgan fingerprint density at radius 1 is 1.29 bits per heavy atom. The number of rotatable bonds is 5. The van der Waals surface area contributed by atoms with E-state index in [0.29, 0.717) is 12.1 Å². The van der Waals surface area contributed by atoms with E-state index < -0.39 is 0 Å². The third-order valence-electron chi connectivity index (χ3n) is 2.98. The molecule has 3 N–H and O–H groups in total. The normalized spacial score (nSPS) is 11.3. The SMILES string of the molecule is CCC(C)(C)NC(=O)c1ccc(CCN)cc1. The first-order valence-corrected chi connectivity index (χ1v) is 6.10. The first-order chi connectivity index (χ1) is 7.98. The van der Waals surface area contributed by atoms with E-state index in [4.69, 9.17) is 5.73 Å². The predicted octanol–water partition coefficient (Wildman–Crippen LogP) is 2.11. The molecule has 0 bridgehead atoms. The molecule has 0 aliphatic carbocycles. The lowest BCUT2D eigenvalue weighted by molar-refractivity contribution is 0.0911. The number of hydrogen-bond acceptors (Lipinski definition) is 2. The topological polar surface area (TPSA) is 55.1 Å². The first-order valence-electron chi connectivity index (χ1n) is 6.10. The van der Waals surface area contributed by atoms with Crippen molar-refractivity contribution in [2.45, 2.75) is 39.2 Å². The summed E-state index contributed by atoms with van der Waals surface area (Å²) in [5.41, 5.74) is 7.19. The molecule has 0 radical (unpaired) electrons. The van der Waals surface area contributed by atoms with Crippen LogP contribution in [0.2, 0.25) is 0 Å². The highest BCUT2D eigenvalue weighted by Gasteiger charge is 2.18. The lowest BCUT2D eigenvalue weighted by Gasteiger charge is -2.24. The van der Waals surface area contributed by atoms with Crippen molar-refractivity contribution in [2.75, 3.05) is 6.54 Å². The fourth-order valence-corrected chi connectivity index (χ4v) is 1.46. The molecule has 0 aromatic heterocycles. The maximum Gasteiger partial charge on any atom is 0.251 e. The molecule has 0 spiro atoms. The van der Waals surface area contributed by atoms with Crippen LogP contribution in [-0.4, -0.2) is 18.0 Å². The highest BCUT2D eigenvalue weighted by molar-refractivity contribution is 5.94. The second kappa shape index (κ2) is 5.82. The Kier molecular flexibility index (Phi) is 4.70. The molecule has 0 saturated heterocycles. The number of nitrogens with one attached hydrogen (secondary N) is 1. The van der Waals surface area contributed by atoms with Gasteiger partial charge in [-0.1, -0.05) is 19.1 Å². The minimum absolute atomic E-state index is 0.0175. The van der Waals surface area contributed by atoms with Crippen LogP contribution in [0, 0.1) is 0 Å². The summed E-state index contributed by atoms with van der Waals surface area (Å²) in [6.07, 6.45) is 1.76. The molecule has 0 saturated carbocycles. The molecule has 0 aliphatic heterocycles. The largest absolute Gasteiger partial charge is 0.347 e. The minimum Gasteiger partial charge on any atom is -0.347 e. The molecule has 0 aliphatic rings. The van der Waals surface area contributed by atoms with Crippen LogP contribution in [0.15, 0.2) is 24.3 Å². The van der Waals surface area contributed by atoms with Crippen molar-refractivity contribution in [3.8, 4) is 0 Å². The van der Waals surface area contributed by atoms with Gasteiger partial charge in [0.1, 0.15) is 0 Å². The summed E-state index contributed by atoms with van der Waals surface area (Å²) in [6, 6.07) is 7.62. The fourth-order valence-electron chi connectivity index (χ4n) is 1.46. The van der Waals surface area contributed by atoms with Crippen LogP contribution in [0.3, 0.4) is 0 Å². The van der Waals surface area contributed by atoms with E-state index in [9.17, 15) is 4.79 Å². The van der Waals surface area contributed by atoms with Crippen molar-refractivity contribution in [3.05, 3.63) is 35.4 Å². The van der Waals surface area contributed by atoms with Crippen LogP contribution in [0.4, 0.5) is 0 Å². The molecule has 0 unspecified atom stereocenters. The summed E-state index contributed by atoms with van der Waals surface area (Å²) in [7, 11) is 0. The van der Waals surface area contributed by atoms with Crippen molar-refractivity contribution in [1.82, 2.24) is 5.32 Å². The molecule has 0 atom stereocenters. The van der Waals surface area contributed by atoms with Crippen molar-refractivity contribution in [3.63, 3.8) is 0 Å². The van der Waals surface area contributed by atoms with Gasteiger partial charge in [0.25, 0.3) is 5.91 Å². The Balaban J connectivity index is 2.70. The van der Waals surface area contributed by atoms with Crippen LogP contribution in [-0.2, 0) is 6.42 Å². The number of carbonyl (C=O) groups excluding carboxylic acids is 1. The molecule has 1 rings (SSSR count). The van der Waals surface area contributed by atoms with E-state index in [1.165, 1.54) is 5.56 Å². The predicted molar refractivity (Wildman–Crippen MR) is 71.0 cm³/mol. The zero-order valence-corrected chi connectivity index (χ0v) is 10.9. The maximum atomic E-state index is 12.0. The molecule has 1 amide bonds. The van der Waals surface area contributed by atoms with Gasteiger partial charge in [-0.2, -0.15) is 0 Å². The zero-order valence-electron chi connectivity index (χ0n) is 10.9. The van der Waals surface area contributed by atoms with Crippen molar-refractivity contribution in [1.29, 1.82) is 0 Å². The van der Waals surface area contributed by atoms with Crippen molar-refractivity contribution < 1.29 is 4.79 Å². The van der Waals surface area contributed by atoms with E-state index in [1.54, 1.807) is 0 Å². The summed E-state index contributed by atoms with van der Waals surface area (Å²) in [4.78, 5) is 12.0. The van der Waals surface area contributed by atoms with Gasteiger partial charge in [-0.15, -0.1) is 0 Å². The van der Waals surface area contributed by atoms with Crippen LogP contribution in [0.1, 0.15) is 43.1 Å². The molecule has 1 aromatic rings. The van der Waals surface area contributed by atoms with Gasteiger partial charge in [-0.25, -0.2) is 0 Å². The third kappa shape index (κ3) is 4.19. The van der Waals surface area contributed by atoms with E-state index in [1.807, 2.05) is 38.1 Å². The average Bonchev–Trinajstić information content (AvgIpc) is 2.30. The Morgan fingerprint density at radius 2 is 1.88 bits per heavy atom. The number of amides is 1. The summed E-state index contributed by atoms with van der Waals surface area (Å²) >= 11 is 0. The van der Waals surface area contributed by atoms with E-state index in [0.717, 1.165) is 12.8 Å². The monoisotopic (exact) mass is 234 g/mol. The Morgan fingerprint density at radius 3 is 2.35 bits per heavy atom. The number of benzene rings is 1. The second-order valence-electron chi connectivity index (χ2n) is 4.93. The Bertz CT molecular complexity index is 368. The maximum absolute atomic E-state index is 12.0. The lowest BCUT2D eigenvalue weighted by atomic mass is 10.0. The number of nitrogens with two attached hydrogens (primary N) is 1. The van der Waals surface area contributed by atoms with Gasteiger partial charge >= 0.3 is 0 Å². The van der Waals surface area contributed by atoms with Crippen LogP contribution in [0.5, 0.6) is 0 Å². The molecule has 3 nitrogen and oxygen atoms in total. The molecule has 0 heterocycles. The third-order valence-corrected chi connectivity index (χ3v) is 2.98. The molecule has 94 valence electrons. The summed E-state index contributed by atoms with van der Waals surface area (Å²) in [5.74, 6) is -0.0175. The van der Waals surface area contributed by atoms with Crippen LogP contribution < -0.4 is 11.1 Å². The Labute approximate surface area is 103 Å². The minimum atomic E-state index is -0.160. The summed E-state index contributed by atoms with van der Waals surface area (Å²) in [6.45, 7) is 6.74. The van der Waals surface area contributed by atoms with E-state index >= 15 is 0 Å². The first kappa shape index (κ1) is 13.7. The summed E-state index contributed by atoms with van der Waals surface area (Å²) in [5, 5.41) is 3.01. The van der Waals surface area contributed by atoms with Crippen molar-refractivity contribution in [2.24, 2.45) is 5.73 Å². The quantitative estimate of drug-likeness (QED) is 0.819. The van der Waals surface area contributed by atoms with Gasteiger partial charge in [-0.05, 0) is 50.9 Å². The van der Waals surface area contributed by atoms with Gasteiger partial charge in [0.15, 0.2) is 0 Å². The van der Waals surface area contributed by atoms with Gasteiger partial charge < -0.3 is 11.1 Å². The van der Waals surface area contributed by atoms with Gasteiger partial charge in [0, 0.05) is 11.1 Å².